The summed E-state index contributed by atoms with van der Waals surface area (Å²) < 4.78 is 0.723. The first-order valence-corrected chi connectivity index (χ1v) is 7.02. The minimum absolute atomic E-state index is 0.0117. The molecule has 1 aromatic rings. The van der Waals surface area contributed by atoms with Crippen LogP contribution in [0.5, 0.6) is 0 Å². The number of hydrogen-bond donors (Lipinski definition) is 2. The van der Waals surface area contributed by atoms with Gasteiger partial charge in [-0.25, -0.2) is 0 Å². The van der Waals surface area contributed by atoms with Gasteiger partial charge >= 0.3 is 5.97 Å². The van der Waals surface area contributed by atoms with E-state index >= 15 is 0 Å². The first kappa shape index (κ1) is 14.1. The van der Waals surface area contributed by atoms with E-state index in [0.29, 0.717) is 5.56 Å². The van der Waals surface area contributed by atoms with Crippen molar-refractivity contribution in [1.82, 2.24) is 5.32 Å². The average Bonchev–Trinajstić information content (AvgIpc) is 2.28. The van der Waals surface area contributed by atoms with Crippen LogP contribution in [0.15, 0.2) is 22.7 Å². The summed E-state index contributed by atoms with van der Waals surface area (Å²) in [5.74, 6) is -1.08. The number of benzene rings is 1. The minimum atomic E-state index is -0.872. The van der Waals surface area contributed by atoms with Crippen LogP contribution in [0.25, 0.3) is 0 Å². The minimum Gasteiger partial charge on any atom is -0.481 e. The SMILES string of the molecule is Cc1ccc(Br)c(C(=O)NC2(CC(=O)O)CCC2)c1. The van der Waals surface area contributed by atoms with Crippen LogP contribution in [-0.2, 0) is 4.79 Å². The summed E-state index contributed by atoms with van der Waals surface area (Å²) in [4.78, 5) is 23.2. The van der Waals surface area contributed by atoms with Gasteiger partial charge in [0, 0.05) is 4.47 Å². The number of aliphatic carboxylic acids is 1. The van der Waals surface area contributed by atoms with Crippen molar-refractivity contribution in [2.45, 2.75) is 38.1 Å². The molecule has 1 amide bonds. The van der Waals surface area contributed by atoms with Crippen molar-refractivity contribution in [2.24, 2.45) is 0 Å². The predicted octanol–water partition coefficient (Wildman–Crippen LogP) is 2.88. The molecule has 1 saturated carbocycles. The highest BCUT2D eigenvalue weighted by molar-refractivity contribution is 9.10. The molecule has 1 aliphatic rings. The highest BCUT2D eigenvalue weighted by atomic mass is 79.9. The molecule has 1 aliphatic carbocycles. The molecule has 0 bridgehead atoms. The van der Waals surface area contributed by atoms with Gasteiger partial charge in [0.15, 0.2) is 0 Å². The van der Waals surface area contributed by atoms with Crippen LogP contribution < -0.4 is 5.32 Å². The number of carbonyl (C=O) groups excluding carboxylic acids is 1. The Hall–Kier alpha value is -1.36. The summed E-state index contributed by atoms with van der Waals surface area (Å²) in [6.45, 7) is 1.92. The summed E-state index contributed by atoms with van der Waals surface area (Å²) in [5, 5.41) is 11.8. The molecule has 5 heteroatoms. The molecule has 0 unspecified atom stereocenters. The molecule has 2 rings (SSSR count). The number of hydrogen-bond acceptors (Lipinski definition) is 2. The average molecular weight is 326 g/mol. The zero-order valence-electron chi connectivity index (χ0n) is 10.7. The Kier molecular flexibility index (Phi) is 3.94. The second kappa shape index (κ2) is 5.33. The summed E-state index contributed by atoms with van der Waals surface area (Å²) >= 11 is 3.35. The molecular weight excluding hydrogens is 310 g/mol. The third-order valence-corrected chi connectivity index (χ3v) is 4.24. The fourth-order valence-corrected chi connectivity index (χ4v) is 2.79. The Labute approximate surface area is 120 Å². The van der Waals surface area contributed by atoms with Crippen LogP contribution in [0.2, 0.25) is 0 Å². The van der Waals surface area contributed by atoms with E-state index in [-0.39, 0.29) is 12.3 Å². The Balaban J connectivity index is 2.16. The van der Waals surface area contributed by atoms with Gasteiger partial charge < -0.3 is 10.4 Å². The van der Waals surface area contributed by atoms with Crippen molar-refractivity contribution in [3.63, 3.8) is 0 Å². The van der Waals surface area contributed by atoms with Gasteiger partial charge in [0.1, 0.15) is 0 Å². The van der Waals surface area contributed by atoms with Crippen LogP contribution in [0, 0.1) is 6.92 Å². The molecule has 0 aromatic heterocycles. The van der Waals surface area contributed by atoms with E-state index in [1.807, 2.05) is 19.1 Å². The predicted molar refractivity (Wildman–Crippen MR) is 75.2 cm³/mol. The molecule has 4 nitrogen and oxygen atoms in total. The Morgan fingerprint density at radius 2 is 2.11 bits per heavy atom. The van der Waals surface area contributed by atoms with Gasteiger partial charge in [0.05, 0.1) is 17.5 Å². The van der Waals surface area contributed by atoms with Crippen LogP contribution >= 0.6 is 15.9 Å². The summed E-state index contributed by atoms with van der Waals surface area (Å²) in [5.41, 5.74) is 0.984. The molecule has 19 heavy (non-hydrogen) atoms. The number of carboxylic acid groups (broad SMARTS) is 1. The van der Waals surface area contributed by atoms with E-state index < -0.39 is 11.5 Å². The van der Waals surface area contributed by atoms with Crippen LogP contribution in [0.4, 0.5) is 0 Å². The van der Waals surface area contributed by atoms with Gasteiger partial charge in [-0.15, -0.1) is 0 Å². The van der Waals surface area contributed by atoms with Gasteiger partial charge in [0.2, 0.25) is 0 Å². The van der Waals surface area contributed by atoms with Crippen molar-refractivity contribution in [3.8, 4) is 0 Å². The number of carbonyl (C=O) groups is 2. The fourth-order valence-electron chi connectivity index (χ4n) is 2.36. The smallest absolute Gasteiger partial charge is 0.305 e. The molecule has 2 N–H and O–H groups in total. The molecule has 1 fully saturated rings. The first-order chi connectivity index (χ1) is 8.92. The molecule has 1 aromatic carbocycles. The second-order valence-corrected chi connectivity index (χ2v) is 6.00. The number of aryl methyl sites for hydroxylation is 1. The third kappa shape index (κ3) is 3.15. The van der Waals surface area contributed by atoms with E-state index in [1.54, 1.807) is 6.07 Å². The molecule has 0 heterocycles. The van der Waals surface area contributed by atoms with E-state index in [2.05, 4.69) is 21.2 Å². The lowest BCUT2D eigenvalue weighted by Gasteiger charge is -2.41. The molecule has 0 radical (unpaired) electrons. The van der Waals surface area contributed by atoms with Crippen LogP contribution in [-0.4, -0.2) is 22.5 Å². The van der Waals surface area contributed by atoms with Crippen molar-refractivity contribution < 1.29 is 14.7 Å². The van der Waals surface area contributed by atoms with E-state index in [1.165, 1.54) is 0 Å². The maximum Gasteiger partial charge on any atom is 0.305 e. The zero-order chi connectivity index (χ0) is 14.0. The van der Waals surface area contributed by atoms with Crippen molar-refractivity contribution in [3.05, 3.63) is 33.8 Å². The van der Waals surface area contributed by atoms with Gasteiger partial charge in [-0.3, -0.25) is 9.59 Å². The standard InChI is InChI=1S/C14H16BrNO3/c1-9-3-4-11(15)10(7-9)13(19)16-14(5-2-6-14)8-12(17)18/h3-4,7H,2,5-6,8H2,1H3,(H,16,19)(H,17,18). The third-order valence-electron chi connectivity index (χ3n) is 3.55. The van der Waals surface area contributed by atoms with Crippen LogP contribution in [0.1, 0.15) is 41.6 Å². The summed E-state index contributed by atoms with van der Waals surface area (Å²) in [6.07, 6.45) is 2.41. The molecule has 102 valence electrons. The molecule has 0 spiro atoms. The highest BCUT2D eigenvalue weighted by Gasteiger charge is 2.40. The molecule has 0 aliphatic heterocycles. The lowest BCUT2D eigenvalue weighted by molar-refractivity contribution is -0.139. The monoisotopic (exact) mass is 325 g/mol. The lowest BCUT2D eigenvalue weighted by atomic mass is 9.74. The first-order valence-electron chi connectivity index (χ1n) is 6.22. The zero-order valence-corrected chi connectivity index (χ0v) is 12.3. The normalized spacial score (nSPS) is 16.5. The Bertz CT molecular complexity index is 523. The molecular formula is C14H16BrNO3. The van der Waals surface area contributed by atoms with Gasteiger partial charge in [-0.1, -0.05) is 11.6 Å². The largest absolute Gasteiger partial charge is 0.481 e. The topological polar surface area (TPSA) is 66.4 Å². The lowest BCUT2D eigenvalue weighted by Crippen LogP contribution is -2.54. The Morgan fingerprint density at radius 1 is 1.42 bits per heavy atom. The maximum absolute atomic E-state index is 12.3. The van der Waals surface area contributed by atoms with Crippen molar-refractivity contribution >= 4 is 27.8 Å². The number of carboxylic acids is 1. The highest BCUT2D eigenvalue weighted by Crippen LogP contribution is 2.35. The summed E-state index contributed by atoms with van der Waals surface area (Å²) in [6, 6.07) is 5.54. The number of nitrogens with one attached hydrogen (secondary N) is 1. The Morgan fingerprint density at radius 3 is 2.63 bits per heavy atom. The molecule has 0 atom stereocenters. The van der Waals surface area contributed by atoms with E-state index in [0.717, 1.165) is 29.3 Å². The van der Waals surface area contributed by atoms with Gasteiger partial charge in [0.25, 0.3) is 5.91 Å². The van der Waals surface area contributed by atoms with Crippen molar-refractivity contribution in [1.29, 1.82) is 0 Å². The fraction of sp³-hybridized carbons (Fsp3) is 0.429. The quantitative estimate of drug-likeness (QED) is 0.894. The molecule has 0 saturated heterocycles. The number of rotatable bonds is 4. The second-order valence-electron chi connectivity index (χ2n) is 5.14. The van der Waals surface area contributed by atoms with Gasteiger partial charge in [-0.2, -0.15) is 0 Å². The van der Waals surface area contributed by atoms with E-state index in [4.69, 9.17) is 5.11 Å². The van der Waals surface area contributed by atoms with E-state index in [9.17, 15) is 9.59 Å². The van der Waals surface area contributed by atoms with Crippen LogP contribution in [0.3, 0.4) is 0 Å². The number of amides is 1. The number of halogens is 1. The van der Waals surface area contributed by atoms with Crippen molar-refractivity contribution in [2.75, 3.05) is 0 Å². The van der Waals surface area contributed by atoms with Gasteiger partial charge in [-0.05, 0) is 54.2 Å². The maximum atomic E-state index is 12.3. The summed E-state index contributed by atoms with van der Waals surface area (Å²) in [7, 11) is 0.